The largest absolute Gasteiger partial charge is 0.472 e. The lowest BCUT2D eigenvalue weighted by atomic mass is 10.2. The number of ether oxygens (including phenoxy) is 2. The van der Waals surface area contributed by atoms with Gasteiger partial charge in [-0.1, -0.05) is 6.92 Å². The first kappa shape index (κ1) is 15.1. The molecule has 0 aliphatic carbocycles. The minimum absolute atomic E-state index is 0.0108. The molecule has 1 rings (SSSR count). The highest BCUT2D eigenvalue weighted by molar-refractivity contribution is 7.47. The molecule has 0 bridgehead atoms. The molecule has 6 nitrogen and oxygen atoms in total. The first-order chi connectivity index (χ1) is 7.83. The summed E-state index contributed by atoms with van der Waals surface area (Å²) in [5.74, 6) is -0.581. The van der Waals surface area contributed by atoms with E-state index in [4.69, 9.17) is 14.0 Å². The molecule has 0 aromatic rings. The molecule has 0 saturated carbocycles. The third kappa shape index (κ3) is 4.66. The van der Waals surface area contributed by atoms with E-state index < -0.39 is 13.6 Å². The average Bonchev–Trinajstić information content (AvgIpc) is 2.86. The summed E-state index contributed by atoms with van der Waals surface area (Å²) in [6, 6.07) is 0. The maximum atomic E-state index is 11.2. The molecule has 1 N–H and O–H groups in total. The molecular weight excluding hydrogens is 247 g/mol. The Morgan fingerprint density at radius 3 is 2.59 bits per heavy atom. The Bertz CT molecular complexity index is 297. The topological polar surface area (TPSA) is 77.5 Å². The van der Waals surface area contributed by atoms with Crippen molar-refractivity contribution in [3.8, 4) is 0 Å². The Labute approximate surface area is 102 Å². The highest BCUT2D eigenvalue weighted by Gasteiger charge is 2.53. The van der Waals surface area contributed by atoms with E-state index in [1.165, 1.54) is 0 Å². The predicted octanol–water partition coefficient (Wildman–Crippen LogP) is 2.07. The summed E-state index contributed by atoms with van der Waals surface area (Å²) in [7, 11) is -3.93. The van der Waals surface area contributed by atoms with Crippen LogP contribution in [0.3, 0.4) is 0 Å². The molecule has 17 heavy (non-hydrogen) atoms. The smallest absolute Gasteiger partial charge is 0.342 e. The fourth-order valence-electron chi connectivity index (χ4n) is 1.64. The molecule has 1 heterocycles. The van der Waals surface area contributed by atoms with Gasteiger partial charge in [-0.05, 0) is 27.2 Å². The third-order valence-electron chi connectivity index (χ3n) is 2.47. The van der Waals surface area contributed by atoms with Gasteiger partial charge in [-0.2, -0.15) is 0 Å². The number of hydrogen-bond donors (Lipinski definition) is 1. The van der Waals surface area contributed by atoms with Crippen LogP contribution in [0.2, 0.25) is 0 Å². The molecule has 0 aromatic heterocycles. The lowest BCUT2D eigenvalue weighted by Crippen LogP contribution is -2.25. The summed E-state index contributed by atoms with van der Waals surface area (Å²) >= 11 is 0. The van der Waals surface area contributed by atoms with Crippen LogP contribution < -0.4 is 0 Å². The van der Waals surface area contributed by atoms with Gasteiger partial charge in [0.2, 0.25) is 0 Å². The van der Waals surface area contributed by atoms with Crippen LogP contribution in [0, 0.1) is 0 Å². The van der Waals surface area contributed by atoms with Crippen molar-refractivity contribution in [3.63, 3.8) is 0 Å². The highest BCUT2D eigenvalue weighted by Crippen LogP contribution is 2.44. The van der Waals surface area contributed by atoms with Crippen molar-refractivity contribution in [1.82, 2.24) is 0 Å². The highest BCUT2D eigenvalue weighted by atomic mass is 31.2. The van der Waals surface area contributed by atoms with Gasteiger partial charge in [0, 0.05) is 0 Å². The standard InChI is InChI=1S/C10H21O6P/c1-5-9-10(4,16-9)15-8(3)7-14-17(11,12)13-6-2/h8-9H,5-7H2,1-4H3,(H,11,12). The molecule has 1 saturated heterocycles. The van der Waals surface area contributed by atoms with Crippen molar-refractivity contribution in [2.75, 3.05) is 13.2 Å². The van der Waals surface area contributed by atoms with Gasteiger partial charge in [0.15, 0.2) is 5.79 Å². The Morgan fingerprint density at radius 1 is 1.47 bits per heavy atom. The van der Waals surface area contributed by atoms with Crippen LogP contribution in [0.25, 0.3) is 0 Å². The molecule has 4 atom stereocenters. The van der Waals surface area contributed by atoms with E-state index in [1.54, 1.807) is 13.8 Å². The summed E-state index contributed by atoms with van der Waals surface area (Å²) < 4.78 is 31.6. The van der Waals surface area contributed by atoms with E-state index in [2.05, 4.69) is 4.52 Å². The van der Waals surface area contributed by atoms with Crippen LogP contribution >= 0.6 is 7.82 Å². The van der Waals surface area contributed by atoms with Gasteiger partial charge >= 0.3 is 7.82 Å². The summed E-state index contributed by atoms with van der Waals surface area (Å²) in [6.07, 6.45) is 0.636. The first-order valence-corrected chi connectivity index (χ1v) is 7.30. The molecule has 102 valence electrons. The van der Waals surface area contributed by atoms with Gasteiger partial charge in [-0.15, -0.1) is 0 Å². The number of rotatable bonds is 8. The van der Waals surface area contributed by atoms with Crippen LogP contribution in [0.15, 0.2) is 0 Å². The average molecular weight is 268 g/mol. The van der Waals surface area contributed by atoms with Gasteiger partial charge in [0.25, 0.3) is 0 Å². The van der Waals surface area contributed by atoms with Crippen molar-refractivity contribution in [2.45, 2.75) is 52.1 Å². The van der Waals surface area contributed by atoms with E-state index in [9.17, 15) is 9.46 Å². The lowest BCUT2D eigenvalue weighted by Gasteiger charge is -2.18. The monoisotopic (exact) mass is 268 g/mol. The number of hydrogen-bond acceptors (Lipinski definition) is 5. The van der Waals surface area contributed by atoms with E-state index in [0.29, 0.717) is 0 Å². The number of phosphoric acid groups is 1. The van der Waals surface area contributed by atoms with Crippen molar-refractivity contribution >= 4 is 7.82 Å². The second-order valence-electron chi connectivity index (χ2n) is 4.14. The van der Waals surface area contributed by atoms with E-state index in [0.717, 1.165) is 6.42 Å². The van der Waals surface area contributed by atoms with Gasteiger partial charge in [-0.25, -0.2) is 4.57 Å². The molecule has 0 radical (unpaired) electrons. The Hall–Kier alpha value is 0.0300. The van der Waals surface area contributed by atoms with Crippen molar-refractivity contribution < 1.29 is 28.0 Å². The molecule has 0 aromatic carbocycles. The number of epoxide rings is 1. The summed E-state index contributed by atoms with van der Waals surface area (Å²) in [5, 5.41) is 0. The zero-order valence-electron chi connectivity index (χ0n) is 10.7. The van der Waals surface area contributed by atoms with Crippen molar-refractivity contribution in [2.24, 2.45) is 0 Å². The van der Waals surface area contributed by atoms with Crippen LogP contribution in [-0.4, -0.2) is 36.1 Å². The Morgan fingerprint density at radius 2 is 2.12 bits per heavy atom. The molecule has 1 aliphatic rings. The fraction of sp³-hybridized carbons (Fsp3) is 1.00. The first-order valence-electron chi connectivity index (χ1n) is 5.80. The van der Waals surface area contributed by atoms with Gasteiger partial charge < -0.3 is 14.4 Å². The molecular formula is C10H21O6P. The molecule has 0 spiro atoms. The Balaban J connectivity index is 2.27. The Kier molecular flexibility index (Phi) is 5.13. The minimum Gasteiger partial charge on any atom is -0.342 e. The van der Waals surface area contributed by atoms with E-state index in [1.807, 2.05) is 13.8 Å². The fourth-order valence-corrected chi connectivity index (χ4v) is 2.44. The van der Waals surface area contributed by atoms with Crippen LogP contribution in [0.5, 0.6) is 0 Å². The van der Waals surface area contributed by atoms with E-state index >= 15 is 0 Å². The van der Waals surface area contributed by atoms with Gasteiger partial charge in [-0.3, -0.25) is 9.05 Å². The normalized spacial score (nSPS) is 33.1. The van der Waals surface area contributed by atoms with Crippen LogP contribution in [-0.2, 0) is 23.1 Å². The number of phosphoric ester groups is 1. The van der Waals surface area contributed by atoms with Gasteiger partial charge in [0.1, 0.15) is 6.10 Å². The summed E-state index contributed by atoms with van der Waals surface area (Å²) in [6.45, 7) is 7.35. The third-order valence-corrected chi connectivity index (χ3v) is 3.53. The second kappa shape index (κ2) is 5.78. The second-order valence-corrected chi connectivity index (χ2v) is 5.59. The van der Waals surface area contributed by atoms with Crippen molar-refractivity contribution in [3.05, 3.63) is 0 Å². The molecule has 0 amide bonds. The predicted molar refractivity (Wildman–Crippen MR) is 61.5 cm³/mol. The van der Waals surface area contributed by atoms with Crippen LogP contribution in [0.4, 0.5) is 0 Å². The van der Waals surface area contributed by atoms with Gasteiger partial charge in [0.05, 0.1) is 19.3 Å². The van der Waals surface area contributed by atoms with Crippen LogP contribution in [0.1, 0.15) is 34.1 Å². The SMILES string of the molecule is CCOP(=O)(O)OCC(C)OC1(C)OC1CC. The summed E-state index contributed by atoms with van der Waals surface area (Å²) in [4.78, 5) is 9.20. The zero-order chi connectivity index (χ0) is 13.1. The molecule has 4 unspecified atom stereocenters. The molecule has 1 aliphatic heterocycles. The van der Waals surface area contributed by atoms with E-state index in [-0.39, 0.29) is 25.4 Å². The quantitative estimate of drug-likeness (QED) is 0.536. The molecule has 1 fully saturated rings. The maximum absolute atomic E-state index is 11.2. The lowest BCUT2D eigenvalue weighted by molar-refractivity contribution is -0.0880. The summed E-state index contributed by atoms with van der Waals surface area (Å²) in [5.41, 5.74) is 0. The zero-order valence-corrected chi connectivity index (χ0v) is 11.6. The van der Waals surface area contributed by atoms with Crippen molar-refractivity contribution in [1.29, 1.82) is 0 Å². The minimum atomic E-state index is -3.93. The maximum Gasteiger partial charge on any atom is 0.472 e. The molecule has 7 heteroatoms.